The number of aryl methyl sites for hydroxylation is 2. The number of hydrogen-bond acceptors (Lipinski definition) is 5. The van der Waals surface area contributed by atoms with Crippen LogP contribution in [0.15, 0.2) is 12.4 Å². The SMILES string of the molecule is CC(C)OC(=O)c1c(NC(=O)CCn2cc(Cl)cn2)sc2c1CCCC2. The first-order valence-corrected chi connectivity index (χ1v) is 9.97. The van der Waals surface area contributed by atoms with E-state index in [4.69, 9.17) is 16.3 Å². The average Bonchev–Trinajstić information content (AvgIpc) is 3.15. The maximum atomic E-state index is 12.6. The van der Waals surface area contributed by atoms with Crippen LogP contribution < -0.4 is 5.32 Å². The van der Waals surface area contributed by atoms with Gasteiger partial charge in [-0.3, -0.25) is 9.48 Å². The predicted molar refractivity (Wildman–Crippen MR) is 102 cm³/mol. The van der Waals surface area contributed by atoms with Crippen LogP contribution in [0.4, 0.5) is 5.00 Å². The van der Waals surface area contributed by atoms with Gasteiger partial charge in [-0.2, -0.15) is 5.10 Å². The first kappa shape index (κ1) is 18.9. The number of carbonyl (C=O) groups is 2. The van der Waals surface area contributed by atoms with Gasteiger partial charge in [0.1, 0.15) is 5.00 Å². The van der Waals surface area contributed by atoms with Gasteiger partial charge in [0.2, 0.25) is 5.91 Å². The summed E-state index contributed by atoms with van der Waals surface area (Å²) < 4.78 is 7.02. The van der Waals surface area contributed by atoms with E-state index in [1.807, 2.05) is 13.8 Å². The highest BCUT2D eigenvalue weighted by Crippen LogP contribution is 2.38. The molecular formula is C18H22ClN3O3S. The Morgan fingerprint density at radius 1 is 1.38 bits per heavy atom. The highest BCUT2D eigenvalue weighted by atomic mass is 35.5. The van der Waals surface area contributed by atoms with Crippen LogP contribution in [0.1, 0.15) is 53.9 Å². The van der Waals surface area contributed by atoms with Crippen molar-refractivity contribution in [2.45, 2.75) is 58.6 Å². The van der Waals surface area contributed by atoms with E-state index in [2.05, 4.69) is 10.4 Å². The van der Waals surface area contributed by atoms with Crippen molar-refractivity contribution >= 4 is 39.8 Å². The molecule has 3 rings (SSSR count). The molecule has 0 aliphatic heterocycles. The molecular weight excluding hydrogens is 374 g/mol. The molecule has 0 saturated carbocycles. The van der Waals surface area contributed by atoms with Crippen molar-refractivity contribution in [3.05, 3.63) is 33.4 Å². The summed E-state index contributed by atoms with van der Waals surface area (Å²) in [6.45, 7) is 4.07. The quantitative estimate of drug-likeness (QED) is 0.748. The van der Waals surface area contributed by atoms with E-state index < -0.39 is 0 Å². The molecule has 6 nitrogen and oxygen atoms in total. The second-order valence-corrected chi connectivity index (χ2v) is 8.13. The Labute approximate surface area is 161 Å². The lowest BCUT2D eigenvalue weighted by Crippen LogP contribution is -2.18. The van der Waals surface area contributed by atoms with Gasteiger partial charge < -0.3 is 10.1 Å². The molecule has 0 fully saturated rings. The van der Waals surface area contributed by atoms with Crippen molar-refractivity contribution in [2.75, 3.05) is 5.32 Å². The zero-order valence-corrected chi connectivity index (χ0v) is 16.5. The fourth-order valence-corrected chi connectivity index (χ4v) is 4.46. The second-order valence-electron chi connectivity index (χ2n) is 6.59. The molecule has 1 aliphatic carbocycles. The number of halogens is 1. The van der Waals surface area contributed by atoms with Gasteiger partial charge in [-0.1, -0.05) is 11.6 Å². The third-order valence-corrected chi connectivity index (χ3v) is 5.54. The standard InChI is InChI=1S/C18H22ClN3O3S/c1-11(2)25-18(24)16-13-5-3-4-6-14(13)26-17(16)21-15(23)7-8-22-10-12(19)9-20-22/h9-11H,3-8H2,1-2H3,(H,21,23). The van der Waals surface area contributed by atoms with Crippen molar-refractivity contribution in [1.82, 2.24) is 9.78 Å². The second kappa shape index (κ2) is 8.22. The van der Waals surface area contributed by atoms with Crippen molar-refractivity contribution in [1.29, 1.82) is 0 Å². The summed E-state index contributed by atoms with van der Waals surface area (Å²) in [5.41, 5.74) is 1.58. The Hall–Kier alpha value is -1.86. The summed E-state index contributed by atoms with van der Waals surface area (Å²) in [6.07, 6.45) is 7.23. The fourth-order valence-electron chi connectivity index (χ4n) is 3.01. The minimum Gasteiger partial charge on any atom is -0.459 e. The lowest BCUT2D eigenvalue weighted by Gasteiger charge is -2.14. The summed E-state index contributed by atoms with van der Waals surface area (Å²) in [7, 11) is 0. The third kappa shape index (κ3) is 4.45. The number of carbonyl (C=O) groups excluding carboxylic acids is 2. The zero-order valence-electron chi connectivity index (χ0n) is 14.9. The number of fused-ring (bicyclic) bond motifs is 1. The van der Waals surface area contributed by atoms with Crippen LogP contribution in [0.25, 0.3) is 0 Å². The van der Waals surface area contributed by atoms with Crippen LogP contribution in [0.2, 0.25) is 5.02 Å². The molecule has 8 heteroatoms. The molecule has 2 heterocycles. The molecule has 2 aromatic rings. The number of nitrogens with one attached hydrogen (secondary N) is 1. The molecule has 0 aromatic carbocycles. The zero-order chi connectivity index (χ0) is 18.7. The third-order valence-electron chi connectivity index (χ3n) is 4.14. The van der Waals surface area contributed by atoms with Gasteiger partial charge in [-0.15, -0.1) is 11.3 Å². The molecule has 1 aliphatic rings. The minimum absolute atomic E-state index is 0.159. The van der Waals surface area contributed by atoms with E-state index in [1.165, 1.54) is 22.4 Å². The molecule has 0 spiro atoms. The lowest BCUT2D eigenvalue weighted by molar-refractivity contribution is -0.116. The van der Waals surface area contributed by atoms with E-state index in [1.54, 1.807) is 10.9 Å². The highest BCUT2D eigenvalue weighted by Gasteiger charge is 2.27. The van der Waals surface area contributed by atoms with E-state index >= 15 is 0 Å². The van der Waals surface area contributed by atoms with Crippen LogP contribution in [0, 0.1) is 0 Å². The first-order valence-electron chi connectivity index (χ1n) is 8.77. The summed E-state index contributed by atoms with van der Waals surface area (Å²) in [4.78, 5) is 26.1. The van der Waals surface area contributed by atoms with Gasteiger partial charge in [0.15, 0.2) is 0 Å². The number of hydrogen-bond donors (Lipinski definition) is 1. The summed E-state index contributed by atoms with van der Waals surface area (Å²) in [5.74, 6) is -0.512. The van der Waals surface area contributed by atoms with E-state index in [0.717, 1.165) is 31.2 Å². The number of nitrogens with zero attached hydrogens (tertiary/aromatic N) is 2. The first-order chi connectivity index (χ1) is 12.4. The molecule has 2 aromatic heterocycles. The Morgan fingerprint density at radius 3 is 2.85 bits per heavy atom. The number of thiophene rings is 1. The van der Waals surface area contributed by atoms with Gasteiger partial charge in [-0.25, -0.2) is 4.79 Å². The topological polar surface area (TPSA) is 73.2 Å². The molecule has 0 radical (unpaired) electrons. The van der Waals surface area contributed by atoms with Crippen molar-refractivity contribution in [3.8, 4) is 0 Å². The number of esters is 1. The molecule has 1 amide bonds. The molecule has 0 bridgehead atoms. The van der Waals surface area contributed by atoms with E-state index in [-0.39, 0.29) is 24.4 Å². The van der Waals surface area contributed by atoms with Gasteiger partial charge >= 0.3 is 5.97 Å². The summed E-state index contributed by atoms with van der Waals surface area (Å²) in [6, 6.07) is 0. The van der Waals surface area contributed by atoms with Crippen LogP contribution in [-0.4, -0.2) is 27.8 Å². The van der Waals surface area contributed by atoms with Crippen LogP contribution in [0.3, 0.4) is 0 Å². The Kier molecular flexibility index (Phi) is 5.98. The Morgan fingerprint density at radius 2 is 2.15 bits per heavy atom. The minimum atomic E-state index is -0.353. The van der Waals surface area contributed by atoms with Gasteiger partial charge in [0, 0.05) is 24.0 Å². The van der Waals surface area contributed by atoms with E-state index in [0.29, 0.717) is 22.1 Å². The fraction of sp³-hybridized carbons (Fsp3) is 0.500. The van der Waals surface area contributed by atoms with Gasteiger partial charge in [-0.05, 0) is 45.1 Å². The molecule has 0 atom stereocenters. The monoisotopic (exact) mass is 395 g/mol. The maximum Gasteiger partial charge on any atom is 0.341 e. The molecule has 1 N–H and O–H groups in total. The number of anilines is 1. The normalized spacial score (nSPS) is 13.5. The average molecular weight is 396 g/mol. The number of rotatable bonds is 6. The Bertz CT molecular complexity index is 813. The largest absolute Gasteiger partial charge is 0.459 e. The molecule has 0 saturated heterocycles. The number of ether oxygens (including phenoxy) is 1. The maximum absolute atomic E-state index is 12.6. The lowest BCUT2D eigenvalue weighted by atomic mass is 9.95. The summed E-state index contributed by atoms with van der Waals surface area (Å²) in [5, 5.41) is 8.10. The number of aromatic nitrogens is 2. The molecule has 140 valence electrons. The van der Waals surface area contributed by atoms with E-state index in [9.17, 15) is 9.59 Å². The van der Waals surface area contributed by atoms with Crippen molar-refractivity contribution in [3.63, 3.8) is 0 Å². The number of amides is 1. The van der Waals surface area contributed by atoms with Crippen LogP contribution in [-0.2, 0) is 28.9 Å². The van der Waals surface area contributed by atoms with Crippen LogP contribution >= 0.6 is 22.9 Å². The predicted octanol–water partition coefficient (Wildman–Crippen LogP) is 4.07. The Balaban J connectivity index is 1.74. The molecule has 0 unspecified atom stereocenters. The van der Waals surface area contributed by atoms with Gasteiger partial charge in [0.05, 0.1) is 22.9 Å². The van der Waals surface area contributed by atoms with Crippen molar-refractivity contribution < 1.29 is 14.3 Å². The highest BCUT2D eigenvalue weighted by molar-refractivity contribution is 7.17. The smallest absolute Gasteiger partial charge is 0.341 e. The van der Waals surface area contributed by atoms with Crippen molar-refractivity contribution in [2.24, 2.45) is 0 Å². The molecule has 26 heavy (non-hydrogen) atoms. The van der Waals surface area contributed by atoms with Gasteiger partial charge in [0.25, 0.3) is 0 Å². The summed E-state index contributed by atoms with van der Waals surface area (Å²) >= 11 is 7.32. The van der Waals surface area contributed by atoms with Crippen LogP contribution in [0.5, 0.6) is 0 Å².